The van der Waals surface area contributed by atoms with Crippen LogP contribution in [-0.2, 0) is 4.79 Å². The number of nitrogens with two attached hydrogens (primary N) is 1. The summed E-state index contributed by atoms with van der Waals surface area (Å²) in [5.41, 5.74) is 5.66. The van der Waals surface area contributed by atoms with Crippen molar-refractivity contribution >= 4 is 5.91 Å². The van der Waals surface area contributed by atoms with Crippen LogP contribution in [-0.4, -0.2) is 41.6 Å². The van der Waals surface area contributed by atoms with E-state index in [-0.39, 0.29) is 11.9 Å². The van der Waals surface area contributed by atoms with Gasteiger partial charge in [0.15, 0.2) is 0 Å². The number of hydrogen-bond acceptors (Lipinski definition) is 3. The second-order valence-electron chi connectivity index (χ2n) is 3.87. The molecule has 2 N–H and O–H groups in total. The molecule has 2 fully saturated rings. The van der Waals surface area contributed by atoms with E-state index in [2.05, 4.69) is 5.01 Å². The second kappa shape index (κ2) is 3.64. The Hall–Kier alpha value is -0.610. The van der Waals surface area contributed by atoms with Crippen molar-refractivity contribution in [3.8, 4) is 0 Å². The third-order valence-corrected chi connectivity index (χ3v) is 2.90. The highest BCUT2D eigenvalue weighted by atomic mass is 16.2. The lowest BCUT2D eigenvalue weighted by molar-refractivity contribution is -0.145. The summed E-state index contributed by atoms with van der Waals surface area (Å²) in [6.45, 7) is 2.87. The monoisotopic (exact) mass is 183 g/mol. The highest BCUT2D eigenvalue weighted by Crippen LogP contribution is 2.17. The van der Waals surface area contributed by atoms with Crippen molar-refractivity contribution in [2.45, 2.75) is 31.7 Å². The third kappa shape index (κ3) is 1.69. The molecule has 2 aliphatic rings. The first-order chi connectivity index (χ1) is 6.29. The van der Waals surface area contributed by atoms with Crippen molar-refractivity contribution in [3.05, 3.63) is 0 Å². The molecule has 0 saturated carbocycles. The molecule has 74 valence electrons. The summed E-state index contributed by atoms with van der Waals surface area (Å²) in [4.78, 5) is 11.6. The van der Waals surface area contributed by atoms with Gasteiger partial charge in [-0.3, -0.25) is 9.80 Å². The van der Waals surface area contributed by atoms with Crippen LogP contribution in [0.5, 0.6) is 0 Å². The molecule has 0 spiro atoms. The minimum atomic E-state index is -0.248. The average molecular weight is 183 g/mol. The van der Waals surface area contributed by atoms with E-state index < -0.39 is 0 Å². The van der Waals surface area contributed by atoms with Crippen LogP contribution in [0.25, 0.3) is 0 Å². The van der Waals surface area contributed by atoms with Gasteiger partial charge in [-0.1, -0.05) is 6.42 Å². The summed E-state index contributed by atoms with van der Waals surface area (Å²) in [7, 11) is 0. The zero-order valence-electron chi connectivity index (χ0n) is 7.91. The normalized spacial score (nSPS) is 31.3. The lowest BCUT2D eigenvalue weighted by Gasteiger charge is -2.34. The topological polar surface area (TPSA) is 49.6 Å². The molecule has 0 aliphatic carbocycles. The maximum Gasteiger partial charge on any atom is 0.253 e. The summed E-state index contributed by atoms with van der Waals surface area (Å²) in [6, 6.07) is -0.248. The van der Waals surface area contributed by atoms with Gasteiger partial charge in [-0.05, 0) is 19.3 Å². The van der Waals surface area contributed by atoms with Crippen molar-refractivity contribution in [2.75, 3.05) is 19.6 Å². The van der Waals surface area contributed by atoms with Gasteiger partial charge in [-0.25, -0.2) is 5.01 Å². The van der Waals surface area contributed by atoms with E-state index >= 15 is 0 Å². The van der Waals surface area contributed by atoms with Gasteiger partial charge in [-0.15, -0.1) is 0 Å². The fraction of sp³-hybridized carbons (Fsp3) is 0.889. The quantitative estimate of drug-likeness (QED) is 0.620. The molecule has 2 saturated heterocycles. The molecule has 0 aromatic carbocycles. The standard InChI is InChI=1S/C9H17N3O/c10-8-4-7-12(9(8)13)11-5-2-1-3-6-11/h8H,1-7,10H2. The van der Waals surface area contributed by atoms with E-state index in [4.69, 9.17) is 5.73 Å². The van der Waals surface area contributed by atoms with Crippen LogP contribution < -0.4 is 5.73 Å². The molecule has 4 nitrogen and oxygen atoms in total. The molecule has 13 heavy (non-hydrogen) atoms. The van der Waals surface area contributed by atoms with Gasteiger partial charge in [0.2, 0.25) is 0 Å². The molecule has 0 bridgehead atoms. The number of rotatable bonds is 1. The molecule has 1 unspecified atom stereocenters. The van der Waals surface area contributed by atoms with E-state index in [0.717, 1.165) is 26.1 Å². The van der Waals surface area contributed by atoms with Gasteiger partial charge in [0.1, 0.15) is 0 Å². The Balaban J connectivity index is 1.96. The van der Waals surface area contributed by atoms with Crippen molar-refractivity contribution in [1.82, 2.24) is 10.0 Å². The Labute approximate surface area is 78.6 Å². The predicted octanol–water partition coefficient (Wildman–Crippen LogP) is -0.0531. The highest BCUT2D eigenvalue weighted by molar-refractivity contribution is 5.83. The molecule has 2 aliphatic heterocycles. The predicted molar refractivity (Wildman–Crippen MR) is 49.7 cm³/mol. The van der Waals surface area contributed by atoms with Crippen LogP contribution in [0.4, 0.5) is 0 Å². The fourth-order valence-corrected chi connectivity index (χ4v) is 2.09. The van der Waals surface area contributed by atoms with Gasteiger partial charge in [-0.2, -0.15) is 0 Å². The SMILES string of the molecule is NC1CCN(N2CCCCC2)C1=O. The Morgan fingerprint density at radius 2 is 1.85 bits per heavy atom. The third-order valence-electron chi connectivity index (χ3n) is 2.90. The number of amides is 1. The van der Waals surface area contributed by atoms with Gasteiger partial charge < -0.3 is 5.73 Å². The van der Waals surface area contributed by atoms with Crippen molar-refractivity contribution in [3.63, 3.8) is 0 Å². The van der Waals surface area contributed by atoms with E-state index in [1.54, 1.807) is 0 Å². The molecular formula is C9H17N3O. The van der Waals surface area contributed by atoms with Crippen LogP contribution in [0, 0.1) is 0 Å². The van der Waals surface area contributed by atoms with Crippen molar-refractivity contribution < 1.29 is 4.79 Å². The lowest BCUT2D eigenvalue weighted by Crippen LogP contribution is -2.48. The number of carbonyl (C=O) groups excluding carboxylic acids is 1. The number of hydrazine groups is 1. The average Bonchev–Trinajstić information content (AvgIpc) is 2.49. The van der Waals surface area contributed by atoms with E-state index in [1.807, 2.05) is 5.01 Å². The number of nitrogens with zero attached hydrogens (tertiary/aromatic N) is 2. The minimum Gasteiger partial charge on any atom is -0.320 e. The molecule has 2 rings (SSSR count). The second-order valence-corrected chi connectivity index (χ2v) is 3.87. The molecular weight excluding hydrogens is 166 g/mol. The van der Waals surface area contributed by atoms with E-state index in [9.17, 15) is 4.79 Å². The lowest BCUT2D eigenvalue weighted by atomic mass is 10.2. The molecule has 0 aromatic heterocycles. The van der Waals surface area contributed by atoms with Gasteiger partial charge in [0, 0.05) is 19.6 Å². The molecule has 2 heterocycles. The van der Waals surface area contributed by atoms with Crippen molar-refractivity contribution in [1.29, 1.82) is 0 Å². The zero-order chi connectivity index (χ0) is 9.26. The van der Waals surface area contributed by atoms with Crippen LogP contribution >= 0.6 is 0 Å². The van der Waals surface area contributed by atoms with Crippen LogP contribution in [0.1, 0.15) is 25.7 Å². The Kier molecular flexibility index (Phi) is 2.51. The highest BCUT2D eigenvalue weighted by Gasteiger charge is 2.32. The summed E-state index contributed by atoms with van der Waals surface area (Å²) in [5, 5.41) is 4.02. The maximum absolute atomic E-state index is 11.6. The molecule has 4 heteroatoms. The first kappa shape index (κ1) is 8.97. The smallest absolute Gasteiger partial charge is 0.253 e. The summed E-state index contributed by atoms with van der Waals surface area (Å²) < 4.78 is 0. The summed E-state index contributed by atoms with van der Waals surface area (Å²) in [6.07, 6.45) is 4.53. The molecule has 1 atom stereocenters. The van der Waals surface area contributed by atoms with Crippen LogP contribution in [0.15, 0.2) is 0 Å². The Bertz CT molecular complexity index is 201. The van der Waals surface area contributed by atoms with Crippen molar-refractivity contribution in [2.24, 2.45) is 5.73 Å². The molecule has 0 radical (unpaired) electrons. The number of carbonyl (C=O) groups is 1. The fourth-order valence-electron chi connectivity index (χ4n) is 2.09. The number of piperidine rings is 1. The minimum absolute atomic E-state index is 0.113. The number of hydrogen-bond donors (Lipinski definition) is 1. The Morgan fingerprint density at radius 3 is 2.38 bits per heavy atom. The largest absolute Gasteiger partial charge is 0.320 e. The van der Waals surface area contributed by atoms with E-state index in [1.165, 1.54) is 19.3 Å². The molecule has 0 aromatic rings. The molecule has 1 amide bonds. The van der Waals surface area contributed by atoms with Gasteiger partial charge in [0.25, 0.3) is 5.91 Å². The van der Waals surface area contributed by atoms with Crippen LogP contribution in [0.2, 0.25) is 0 Å². The summed E-state index contributed by atoms with van der Waals surface area (Å²) in [5.74, 6) is 0.113. The van der Waals surface area contributed by atoms with E-state index in [0.29, 0.717) is 0 Å². The zero-order valence-corrected chi connectivity index (χ0v) is 7.91. The maximum atomic E-state index is 11.6. The van der Waals surface area contributed by atoms with Crippen LogP contribution in [0.3, 0.4) is 0 Å². The Morgan fingerprint density at radius 1 is 1.15 bits per heavy atom. The van der Waals surface area contributed by atoms with Gasteiger partial charge >= 0.3 is 0 Å². The summed E-state index contributed by atoms with van der Waals surface area (Å²) >= 11 is 0. The first-order valence-corrected chi connectivity index (χ1v) is 5.11. The van der Waals surface area contributed by atoms with Gasteiger partial charge in [0.05, 0.1) is 6.04 Å². The first-order valence-electron chi connectivity index (χ1n) is 5.11.